The van der Waals surface area contributed by atoms with Crippen LogP contribution in [0.4, 0.5) is 16.2 Å². The first-order chi connectivity index (χ1) is 15.3. The number of methoxy groups -OCH3 is 1. The van der Waals surface area contributed by atoms with Crippen molar-refractivity contribution in [2.75, 3.05) is 56.7 Å². The Balaban J connectivity index is 1.40. The van der Waals surface area contributed by atoms with Gasteiger partial charge in [-0.3, -0.25) is 10.2 Å². The molecule has 1 N–H and O–H groups in total. The molecule has 0 unspecified atom stereocenters. The molecule has 0 aliphatic carbocycles. The van der Waals surface area contributed by atoms with Crippen LogP contribution in [0.25, 0.3) is 0 Å². The third-order valence-corrected chi connectivity index (χ3v) is 5.18. The minimum atomic E-state index is -0.550. The molecule has 174 valence electrons. The predicted octanol–water partition coefficient (Wildman–Crippen LogP) is 4.63. The number of nitrogens with zero attached hydrogens (tertiary/aromatic N) is 2. The summed E-state index contributed by atoms with van der Waals surface area (Å²) in [5.74, 6) is 1.24. The largest absolute Gasteiger partial charge is 0.493 e. The zero-order chi connectivity index (χ0) is 23.0. The number of carbonyl (C=O) groups excluding carboxylic acids is 1. The molecule has 1 amide bonds. The van der Waals surface area contributed by atoms with Gasteiger partial charge >= 0.3 is 6.09 Å². The van der Waals surface area contributed by atoms with Gasteiger partial charge in [-0.15, -0.1) is 0 Å². The predicted molar refractivity (Wildman–Crippen MR) is 128 cm³/mol. The zero-order valence-corrected chi connectivity index (χ0v) is 19.6. The van der Waals surface area contributed by atoms with Gasteiger partial charge < -0.3 is 19.1 Å². The first-order valence-electron chi connectivity index (χ1n) is 11.2. The Labute approximate surface area is 191 Å². The molecule has 7 nitrogen and oxygen atoms in total. The van der Waals surface area contributed by atoms with Crippen molar-refractivity contribution in [3.8, 4) is 11.5 Å². The second kappa shape index (κ2) is 11.1. The molecular weight excluding hydrogens is 406 g/mol. The highest BCUT2D eigenvalue weighted by atomic mass is 16.6. The number of hydrogen-bond acceptors (Lipinski definition) is 6. The zero-order valence-electron chi connectivity index (χ0n) is 19.6. The fourth-order valence-corrected chi connectivity index (χ4v) is 3.62. The van der Waals surface area contributed by atoms with Crippen LogP contribution in [0.2, 0.25) is 0 Å². The van der Waals surface area contributed by atoms with Gasteiger partial charge in [-0.2, -0.15) is 0 Å². The second-order valence-electron chi connectivity index (χ2n) is 8.86. The molecule has 1 aliphatic rings. The Kier molecular flexibility index (Phi) is 8.22. The molecule has 7 heteroatoms. The van der Waals surface area contributed by atoms with E-state index in [9.17, 15) is 4.79 Å². The summed E-state index contributed by atoms with van der Waals surface area (Å²) in [7, 11) is 1.59. The van der Waals surface area contributed by atoms with E-state index >= 15 is 0 Å². The van der Waals surface area contributed by atoms with E-state index in [0.717, 1.165) is 39.1 Å². The number of nitrogens with one attached hydrogen (secondary N) is 1. The van der Waals surface area contributed by atoms with Crippen molar-refractivity contribution in [1.82, 2.24) is 4.90 Å². The summed E-state index contributed by atoms with van der Waals surface area (Å²) in [5.41, 5.74) is 1.35. The summed E-state index contributed by atoms with van der Waals surface area (Å²) < 4.78 is 16.7. The van der Waals surface area contributed by atoms with Gasteiger partial charge in [0, 0.05) is 50.2 Å². The van der Waals surface area contributed by atoms with Crippen LogP contribution in [-0.4, -0.2) is 63.0 Å². The Morgan fingerprint density at radius 3 is 2.38 bits per heavy atom. The first kappa shape index (κ1) is 23.7. The molecule has 0 spiro atoms. The average Bonchev–Trinajstić information content (AvgIpc) is 2.77. The second-order valence-corrected chi connectivity index (χ2v) is 8.86. The quantitative estimate of drug-likeness (QED) is 0.603. The number of para-hydroxylation sites is 1. The number of benzene rings is 2. The van der Waals surface area contributed by atoms with E-state index in [1.165, 1.54) is 5.69 Å². The molecular formula is C25H35N3O4. The lowest BCUT2D eigenvalue weighted by molar-refractivity contribution is 0.0636. The molecule has 1 fully saturated rings. The molecule has 0 saturated carbocycles. The van der Waals surface area contributed by atoms with Crippen LogP contribution >= 0.6 is 0 Å². The Bertz CT molecular complexity index is 859. The fourth-order valence-electron chi connectivity index (χ4n) is 3.62. The van der Waals surface area contributed by atoms with Crippen LogP contribution in [-0.2, 0) is 4.74 Å². The van der Waals surface area contributed by atoms with E-state index < -0.39 is 11.7 Å². The molecule has 1 aliphatic heterocycles. The maximum Gasteiger partial charge on any atom is 0.412 e. The van der Waals surface area contributed by atoms with E-state index in [-0.39, 0.29) is 0 Å². The van der Waals surface area contributed by atoms with E-state index in [0.29, 0.717) is 23.8 Å². The summed E-state index contributed by atoms with van der Waals surface area (Å²) in [4.78, 5) is 16.9. The van der Waals surface area contributed by atoms with Crippen molar-refractivity contribution in [2.45, 2.75) is 32.8 Å². The SMILES string of the molecule is COc1cc(NC(=O)OC(C)(C)C)ccc1OCCCN1CCN(c2ccccc2)CC1. The van der Waals surface area contributed by atoms with Crippen molar-refractivity contribution < 1.29 is 19.0 Å². The summed E-state index contributed by atoms with van der Waals surface area (Å²) in [6.07, 6.45) is 0.437. The average molecular weight is 442 g/mol. The van der Waals surface area contributed by atoms with E-state index in [2.05, 4.69) is 45.4 Å². The number of ether oxygens (including phenoxy) is 3. The molecule has 1 saturated heterocycles. The number of amides is 1. The number of carbonyl (C=O) groups is 1. The van der Waals surface area contributed by atoms with Crippen molar-refractivity contribution in [1.29, 1.82) is 0 Å². The molecule has 2 aromatic rings. The molecule has 3 rings (SSSR count). The lowest BCUT2D eigenvalue weighted by atomic mass is 10.2. The van der Waals surface area contributed by atoms with Gasteiger partial charge in [0.15, 0.2) is 11.5 Å². The van der Waals surface area contributed by atoms with Gasteiger partial charge in [0.2, 0.25) is 0 Å². The molecule has 0 radical (unpaired) electrons. The summed E-state index contributed by atoms with van der Waals surface area (Å²) in [6, 6.07) is 15.9. The highest BCUT2D eigenvalue weighted by Gasteiger charge is 2.18. The number of anilines is 2. The number of piperazine rings is 1. The Morgan fingerprint density at radius 1 is 1.00 bits per heavy atom. The molecule has 32 heavy (non-hydrogen) atoms. The van der Waals surface area contributed by atoms with E-state index in [1.807, 2.05) is 26.8 Å². The van der Waals surface area contributed by atoms with Crippen molar-refractivity contribution in [3.05, 3.63) is 48.5 Å². The van der Waals surface area contributed by atoms with Crippen molar-refractivity contribution in [2.24, 2.45) is 0 Å². The Morgan fingerprint density at radius 2 is 1.72 bits per heavy atom. The van der Waals surface area contributed by atoms with Crippen LogP contribution < -0.4 is 19.7 Å². The molecule has 0 bridgehead atoms. The topological polar surface area (TPSA) is 63.3 Å². The molecule has 1 heterocycles. The summed E-state index contributed by atoms with van der Waals surface area (Å²) in [5, 5.41) is 2.72. The molecule has 2 aromatic carbocycles. The first-order valence-corrected chi connectivity index (χ1v) is 11.2. The van der Waals surface area contributed by atoms with Gasteiger partial charge in [0.05, 0.1) is 13.7 Å². The standard InChI is InChI=1S/C25H35N3O4/c1-25(2,3)32-24(29)26-20-11-12-22(23(19-20)30-4)31-18-8-13-27-14-16-28(17-15-27)21-9-6-5-7-10-21/h5-7,9-12,19H,8,13-18H2,1-4H3,(H,26,29). The lowest BCUT2D eigenvalue weighted by Crippen LogP contribution is -2.46. The van der Waals surface area contributed by atoms with Crippen LogP contribution in [0, 0.1) is 0 Å². The van der Waals surface area contributed by atoms with Crippen molar-refractivity contribution in [3.63, 3.8) is 0 Å². The van der Waals surface area contributed by atoms with Gasteiger partial charge in [-0.1, -0.05) is 18.2 Å². The fraction of sp³-hybridized carbons (Fsp3) is 0.480. The van der Waals surface area contributed by atoms with Crippen LogP contribution in [0.3, 0.4) is 0 Å². The van der Waals surface area contributed by atoms with Gasteiger partial charge in [-0.05, 0) is 51.5 Å². The number of hydrogen-bond donors (Lipinski definition) is 1. The van der Waals surface area contributed by atoms with Crippen LogP contribution in [0.1, 0.15) is 27.2 Å². The van der Waals surface area contributed by atoms with Gasteiger partial charge in [0.1, 0.15) is 5.60 Å². The monoisotopic (exact) mass is 441 g/mol. The Hall–Kier alpha value is -2.93. The third kappa shape index (κ3) is 7.34. The maximum absolute atomic E-state index is 12.0. The number of rotatable bonds is 8. The highest BCUT2D eigenvalue weighted by molar-refractivity contribution is 5.85. The maximum atomic E-state index is 12.0. The third-order valence-electron chi connectivity index (χ3n) is 5.18. The minimum Gasteiger partial charge on any atom is -0.493 e. The lowest BCUT2D eigenvalue weighted by Gasteiger charge is -2.36. The van der Waals surface area contributed by atoms with E-state index in [1.54, 1.807) is 19.2 Å². The van der Waals surface area contributed by atoms with Crippen molar-refractivity contribution >= 4 is 17.5 Å². The van der Waals surface area contributed by atoms with Crippen LogP contribution in [0.5, 0.6) is 11.5 Å². The van der Waals surface area contributed by atoms with Gasteiger partial charge in [0.25, 0.3) is 0 Å². The van der Waals surface area contributed by atoms with Gasteiger partial charge in [-0.25, -0.2) is 4.79 Å². The van der Waals surface area contributed by atoms with Crippen LogP contribution in [0.15, 0.2) is 48.5 Å². The highest BCUT2D eigenvalue weighted by Crippen LogP contribution is 2.30. The minimum absolute atomic E-state index is 0.499. The normalized spacial score (nSPS) is 14.7. The summed E-state index contributed by atoms with van der Waals surface area (Å²) in [6.45, 7) is 11.3. The van der Waals surface area contributed by atoms with E-state index in [4.69, 9.17) is 14.2 Å². The molecule has 0 atom stereocenters. The smallest absolute Gasteiger partial charge is 0.412 e. The molecule has 0 aromatic heterocycles. The summed E-state index contributed by atoms with van der Waals surface area (Å²) >= 11 is 0.